The van der Waals surface area contributed by atoms with Crippen molar-refractivity contribution in [2.24, 2.45) is 0 Å². The van der Waals surface area contributed by atoms with E-state index in [-0.39, 0.29) is 0 Å². The Kier molecular flexibility index (Phi) is 7.59. The highest BCUT2D eigenvalue weighted by Gasteiger charge is 2.40. The molecule has 0 spiro atoms. The van der Waals surface area contributed by atoms with Gasteiger partial charge in [-0.15, -0.1) is 0 Å². The van der Waals surface area contributed by atoms with E-state index in [2.05, 4.69) is 52.9 Å². The SMILES string of the molecule is CN(CCc1c2n(c3ccc(Cl)cc13)Cc1ccccc1-2)C1CC1.O=C(O)CC(O)(CC(=O)O)C(=O)O. The molecule has 0 radical (unpaired) electrons. The summed E-state index contributed by atoms with van der Waals surface area (Å²) in [5, 5.41) is 36.0. The molecule has 0 unspecified atom stereocenters. The molecule has 0 saturated heterocycles. The summed E-state index contributed by atoms with van der Waals surface area (Å²) in [6.45, 7) is 2.09. The largest absolute Gasteiger partial charge is 0.481 e. The summed E-state index contributed by atoms with van der Waals surface area (Å²) in [4.78, 5) is 33.0. The van der Waals surface area contributed by atoms with Crippen molar-refractivity contribution in [1.82, 2.24) is 9.47 Å². The van der Waals surface area contributed by atoms with Gasteiger partial charge in [-0.05, 0) is 55.6 Å². The van der Waals surface area contributed by atoms with Gasteiger partial charge in [-0.3, -0.25) is 9.59 Å². The van der Waals surface area contributed by atoms with Crippen molar-refractivity contribution in [3.05, 3.63) is 58.6 Å². The molecule has 196 valence electrons. The van der Waals surface area contributed by atoms with Crippen molar-refractivity contribution in [3.63, 3.8) is 0 Å². The van der Waals surface area contributed by atoms with Gasteiger partial charge < -0.3 is 29.9 Å². The van der Waals surface area contributed by atoms with E-state index in [1.807, 2.05) is 6.07 Å². The van der Waals surface area contributed by atoms with Crippen LogP contribution >= 0.6 is 11.6 Å². The second-order valence-corrected chi connectivity index (χ2v) is 10.1. The first-order valence-corrected chi connectivity index (χ1v) is 12.4. The summed E-state index contributed by atoms with van der Waals surface area (Å²) in [5.74, 6) is -5.02. The van der Waals surface area contributed by atoms with E-state index in [9.17, 15) is 14.4 Å². The standard InChI is InChI=1S/C21H21ClN2.C6H8O7/c1-23(16-7-8-16)11-10-18-19-12-15(22)6-9-20(19)24-13-14-4-2-3-5-17(14)21(18)24;7-3(8)1-6(13,5(11)12)2-4(9)10/h2-6,9,12,16H,7-8,10-11,13H2,1H3;13H,1-2H2,(H,7,8)(H,9,10)(H,11,12). The van der Waals surface area contributed by atoms with E-state index in [1.54, 1.807) is 0 Å². The molecule has 1 saturated carbocycles. The number of benzene rings is 2. The number of nitrogens with zero attached hydrogens (tertiary/aromatic N) is 2. The lowest BCUT2D eigenvalue weighted by Gasteiger charge is -2.18. The Morgan fingerprint density at radius 3 is 2.30 bits per heavy atom. The molecular formula is C27H29ClN2O7. The zero-order valence-corrected chi connectivity index (χ0v) is 21.1. The molecule has 0 atom stereocenters. The molecule has 2 aliphatic rings. The fraction of sp³-hybridized carbons (Fsp3) is 0.370. The van der Waals surface area contributed by atoms with E-state index in [0.717, 1.165) is 30.6 Å². The normalized spacial score (nSPS) is 14.2. The van der Waals surface area contributed by atoms with Gasteiger partial charge in [0.2, 0.25) is 0 Å². The Labute approximate surface area is 218 Å². The number of carboxylic acid groups (broad SMARTS) is 3. The molecule has 2 aromatic carbocycles. The molecule has 0 bridgehead atoms. The second-order valence-electron chi connectivity index (χ2n) is 9.67. The molecule has 37 heavy (non-hydrogen) atoms. The third kappa shape index (κ3) is 5.79. The van der Waals surface area contributed by atoms with Crippen molar-refractivity contribution >= 4 is 40.4 Å². The van der Waals surface area contributed by atoms with Crippen molar-refractivity contribution in [2.75, 3.05) is 13.6 Å². The van der Waals surface area contributed by atoms with E-state index >= 15 is 0 Å². The Morgan fingerprint density at radius 1 is 1.05 bits per heavy atom. The van der Waals surface area contributed by atoms with Gasteiger partial charge in [0.25, 0.3) is 0 Å². The summed E-state index contributed by atoms with van der Waals surface area (Å²) in [5.41, 5.74) is 4.28. The number of carbonyl (C=O) groups is 3. The molecule has 0 amide bonds. The summed E-state index contributed by atoms with van der Waals surface area (Å²) in [7, 11) is 2.26. The van der Waals surface area contributed by atoms with Crippen LogP contribution in [0.3, 0.4) is 0 Å². The Balaban J connectivity index is 0.000000212. The number of hydrogen-bond acceptors (Lipinski definition) is 5. The van der Waals surface area contributed by atoms with E-state index in [0.29, 0.717) is 0 Å². The van der Waals surface area contributed by atoms with Gasteiger partial charge in [0, 0.05) is 40.6 Å². The van der Waals surface area contributed by atoms with Gasteiger partial charge in [0.15, 0.2) is 5.60 Å². The molecule has 1 fully saturated rings. The van der Waals surface area contributed by atoms with Gasteiger partial charge in [-0.1, -0.05) is 35.9 Å². The Hall–Kier alpha value is -3.40. The fourth-order valence-electron chi connectivity index (χ4n) is 4.88. The number of carboxylic acids is 3. The van der Waals surface area contributed by atoms with Crippen molar-refractivity contribution < 1.29 is 34.8 Å². The lowest BCUT2D eigenvalue weighted by Crippen LogP contribution is -2.42. The minimum Gasteiger partial charge on any atom is -0.481 e. The van der Waals surface area contributed by atoms with Crippen LogP contribution in [0, 0.1) is 0 Å². The van der Waals surface area contributed by atoms with E-state index in [4.69, 9.17) is 32.0 Å². The minimum atomic E-state index is -2.74. The number of rotatable bonds is 9. The molecule has 1 aromatic heterocycles. The highest BCUT2D eigenvalue weighted by molar-refractivity contribution is 6.31. The number of aliphatic hydroxyl groups is 1. The van der Waals surface area contributed by atoms with Gasteiger partial charge >= 0.3 is 17.9 Å². The molecule has 9 nitrogen and oxygen atoms in total. The van der Waals surface area contributed by atoms with E-state index < -0.39 is 36.4 Å². The van der Waals surface area contributed by atoms with Crippen LogP contribution < -0.4 is 0 Å². The third-order valence-electron chi connectivity index (χ3n) is 6.90. The number of aliphatic carboxylic acids is 3. The average Bonchev–Trinajstić information content (AvgIpc) is 3.54. The van der Waals surface area contributed by atoms with Crippen molar-refractivity contribution in [3.8, 4) is 11.3 Å². The summed E-state index contributed by atoms with van der Waals surface area (Å²) in [6, 6.07) is 16.0. The Bertz CT molecular complexity index is 1350. The molecule has 3 aromatic rings. The van der Waals surface area contributed by atoms with Crippen LogP contribution in [-0.2, 0) is 27.3 Å². The number of likely N-dealkylation sites (N-methyl/N-ethyl adjacent to an activating group) is 1. The topological polar surface area (TPSA) is 140 Å². The maximum absolute atomic E-state index is 10.3. The molecule has 4 N–H and O–H groups in total. The average molecular weight is 529 g/mol. The molecule has 1 aliphatic heterocycles. The zero-order chi connectivity index (χ0) is 26.9. The van der Waals surface area contributed by atoms with Crippen molar-refractivity contribution in [2.45, 2.75) is 50.3 Å². The lowest BCUT2D eigenvalue weighted by molar-refractivity contribution is -0.170. The third-order valence-corrected chi connectivity index (χ3v) is 7.14. The first-order valence-electron chi connectivity index (χ1n) is 12.0. The lowest BCUT2D eigenvalue weighted by atomic mass is 9.96. The van der Waals surface area contributed by atoms with Gasteiger partial charge in [-0.25, -0.2) is 4.79 Å². The maximum Gasteiger partial charge on any atom is 0.336 e. The summed E-state index contributed by atoms with van der Waals surface area (Å²) in [6.07, 6.45) is 1.52. The number of aromatic nitrogens is 1. The highest BCUT2D eigenvalue weighted by atomic mass is 35.5. The minimum absolute atomic E-state index is 0.808. The van der Waals surface area contributed by atoms with Crippen LogP contribution in [-0.4, -0.2) is 73.0 Å². The zero-order valence-electron chi connectivity index (χ0n) is 20.4. The maximum atomic E-state index is 10.3. The molecule has 2 heterocycles. The quantitative estimate of drug-likeness (QED) is 0.258. The van der Waals surface area contributed by atoms with Crippen molar-refractivity contribution in [1.29, 1.82) is 0 Å². The number of hydrogen-bond donors (Lipinski definition) is 4. The second kappa shape index (κ2) is 10.5. The molecule has 1 aliphatic carbocycles. The van der Waals surface area contributed by atoms with Gasteiger partial charge in [0.05, 0.1) is 18.5 Å². The van der Waals surface area contributed by atoms with Gasteiger partial charge in [-0.2, -0.15) is 0 Å². The highest BCUT2D eigenvalue weighted by Crippen LogP contribution is 2.42. The predicted molar refractivity (Wildman–Crippen MR) is 138 cm³/mol. The van der Waals surface area contributed by atoms with Crippen LogP contribution in [0.25, 0.3) is 22.2 Å². The van der Waals surface area contributed by atoms with Crippen LogP contribution in [0.15, 0.2) is 42.5 Å². The first kappa shape index (κ1) is 26.7. The first-order chi connectivity index (χ1) is 17.5. The Morgan fingerprint density at radius 2 is 1.70 bits per heavy atom. The summed E-state index contributed by atoms with van der Waals surface area (Å²) >= 11 is 6.32. The van der Waals surface area contributed by atoms with Crippen LogP contribution in [0.5, 0.6) is 0 Å². The van der Waals surface area contributed by atoms with Crippen LogP contribution in [0.1, 0.15) is 36.8 Å². The van der Waals surface area contributed by atoms with E-state index in [1.165, 1.54) is 46.1 Å². The smallest absolute Gasteiger partial charge is 0.336 e. The predicted octanol–water partition coefficient (Wildman–Crippen LogP) is 3.71. The fourth-order valence-corrected chi connectivity index (χ4v) is 5.05. The summed E-state index contributed by atoms with van der Waals surface area (Å²) < 4.78 is 2.47. The molecule has 5 rings (SSSR count). The van der Waals surface area contributed by atoms with Crippen LogP contribution in [0.4, 0.5) is 0 Å². The number of fused-ring (bicyclic) bond motifs is 5. The monoisotopic (exact) mass is 528 g/mol. The molecule has 10 heteroatoms. The van der Waals surface area contributed by atoms with Gasteiger partial charge in [0.1, 0.15) is 0 Å². The van der Waals surface area contributed by atoms with Crippen LogP contribution in [0.2, 0.25) is 5.02 Å². The molecular weight excluding hydrogens is 500 g/mol. The number of halogens is 1.